The van der Waals surface area contributed by atoms with Gasteiger partial charge in [-0.1, -0.05) is 32.6 Å². The number of nitrogens with zero attached hydrogens (tertiary/aromatic N) is 1. The standard InChI is InChI=1S/C14H29N3O/c1-3-17(2)11-10-15-12-14(18)16-13-8-6-4-5-7-9-13/h13,15H,3-12H2,1-2H3,(H,16,18). The molecule has 0 saturated heterocycles. The number of rotatable bonds is 7. The highest BCUT2D eigenvalue weighted by molar-refractivity contribution is 5.78. The summed E-state index contributed by atoms with van der Waals surface area (Å²) in [5.74, 6) is 0.154. The molecule has 1 rings (SSSR count). The summed E-state index contributed by atoms with van der Waals surface area (Å²) < 4.78 is 0. The fourth-order valence-corrected chi connectivity index (χ4v) is 2.33. The maximum absolute atomic E-state index is 11.8. The van der Waals surface area contributed by atoms with Crippen LogP contribution in [0.2, 0.25) is 0 Å². The van der Waals surface area contributed by atoms with Gasteiger partial charge in [-0.2, -0.15) is 0 Å². The van der Waals surface area contributed by atoms with Crippen LogP contribution in [0.15, 0.2) is 0 Å². The zero-order chi connectivity index (χ0) is 13.2. The predicted octanol–water partition coefficient (Wildman–Crippen LogP) is 1.37. The Morgan fingerprint density at radius 2 is 1.89 bits per heavy atom. The van der Waals surface area contributed by atoms with Crippen LogP contribution in [0.5, 0.6) is 0 Å². The molecular weight excluding hydrogens is 226 g/mol. The van der Waals surface area contributed by atoms with E-state index in [9.17, 15) is 4.79 Å². The van der Waals surface area contributed by atoms with Crippen LogP contribution in [0, 0.1) is 0 Å². The first-order chi connectivity index (χ1) is 8.72. The third kappa shape index (κ3) is 6.97. The van der Waals surface area contributed by atoms with Gasteiger partial charge in [0.1, 0.15) is 0 Å². The summed E-state index contributed by atoms with van der Waals surface area (Å²) in [6, 6.07) is 0.417. The molecule has 0 aromatic rings. The minimum absolute atomic E-state index is 0.154. The van der Waals surface area contributed by atoms with Crippen LogP contribution in [-0.4, -0.2) is 50.1 Å². The predicted molar refractivity (Wildman–Crippen MR) is 75.7 cm³/mol. The normalized spacial score (nSPS) is 17.7. The topological polar surface area (TPSA) is 44.4 Å². The Morgan fingerprint density at radius 3 is 2.50 bits per heavy atom. The first-order valence-corrected chi connectivity index (χ1v) is 7.41. The average Bonchev–Trinajstić information content (AvgIpc) is 2.63. The summed E-state index contributed by atoms with van der Waals surface area (Å²) in [4.78, 5) is 14.0. The molecule has 0 bridgehead atoms. The highest BCUT2D eigenvalue weighted by Gasteiger charge is 2.14. The van der Waals surface area contributed by atoms with Crippen molar-refractivity contribution in [3.63, 3.8) is 0 Å². The lowest BCUT2D eigenvalue weighted by Crippen LogP contribution is -2.41. The van der Waals surface area contributed by atoms with Crippen molar-refractivity contribution in [2.45, 2.75) is 51.5 Å². The molecule has 0 atom stereocenters. The van der Waals surface area contributed by atoms with Gasteiger partial charge in [0.05, 0.1) is 6.54 Å². The summed E-state index contributed by atoms with van der Waals surface area (Å²) in [6.07, 6.45) is 7.50. The molecule has 0 aromatic heterocycles. The monoisotopic (exact) mass is 255 g/mol. The highest BCUT2D eigenvalue weighted by atomic mass is 16.1. The molecule has 1 aliphatic rings. The van der Waals surface area contributed by atoms with Crippen LogP contribution in [0.1, 0.15) is 45.4 Å². The van der Waals surface area contributed by atoms with Gasteiger partial charge in [-0.15, -0.1) is 0 Å². The van der Waals surface area contributed by atoms with Gasteiger partial charge in [-0.3, -0.25) is 4.79 Å². The minimum atomic E-state index is 0.154. The van der Waals surface area contributed by atoms with Crippen molar-refractivity contribution >= 4 is 5.91 Å². The van der Waals surface area contributed by atoms with Crippen molar-refractivity contribution in [2.24, 2.45) is 0 Å². The molecule has 1 saturated carbocycles. The largest absolute Gasteiger partial charge is 0.352 e. The number of hydrogen-bond acceptors (Lipinski definition) is 3. The van der Waals surface area contributed by atoms with Crippen LogP contribution < -0.4 is 10.6 Å². The van der Waals surface area contributed by atoms with Crippen LogP contribution >= 0.6 is 0 Å². The third-order valence-electron chi connectivity index (χ3n) is 3.72. The molecule has 4 nitrogen and oxygen atoms in total. The van der Waals surface area contributed by atoms with Gasteiger partial charge in [-0.05, 0) is 26.4 Å². The Balaban J connectivity index is 2.05. The molecule has 0 spiro atoms. The fourth-order valence-electron chi connectivity index (χ4n) is 2.33. The van der Waals surface area contributed by atoms with Gasteiger partial charge >= 0.3 is 0 Å². The average molecular weight is 255 g/mol. The Bertz CT molecular complexity index is 225. The molecule has 0 unspecified atom stereocenters. The number of carbonyl (C=O) groups is 1. The summed E-state index contributed by atoms with van der Waals surface area (Å²) in [5, 5.41) is 6.35. The second kappa shape index (κ2) is 9.34. The van der Waals surface area contributed by atoms with Crippen molar-refractivity contribution in [1.82, 2.24) is 15.5 Å². The summed E-state index contributed by atoms with van der Waals surface area (Å²) in [6.45, 7) is 5.51. The molecule has 1 amide bonds. The number of likely N-dealkylation sites (N-methyl/N-ethyl adjacent to an activating group) is 1. The van der Waals surface area contributed by atoms with E-state index in [0.717, 1.165) is 32.5 Å². The van der Waals surface area contributed by atoms with Crippen molar-refractivity contribution < 1.29 is 4.79 Å². The zero-order valence-electron chi connectivity index (χ0n) is 12.0. The Kier molecular flexibility index (Phi) is 8.01. The van der Waals surface area contributed by atoms with E-state index in [0.29, 0.717) is 12.6 Å². The van der Waals surface area contributed by atoms with Crippen molar-refractivity contribution in [3.05, 3.63) is 0 Å². The molecule has 2 N–H and O–H groups in total. The molecule has 0 aromatic carbocycles. The van der Waals surface area contributed by atoms with Crippen molar-refractivity contribution in [3.8, 4) is 0 Å². The fraction of sp³-hybridized carbons (Fsp3) is 0.929. The highest BCUT2D eigenvalue weighted by Crippen LogP contribution is 2.16. The van der Waals surface area contributed by atoms with E-state index in [4.69, 9.17) is 0 Å². The first kappa shape index (κ1) is 15.4. The van der Waals surface area contributed by atoms with Crippen LogP contribution in [0.4, 0.5) is 0 Å². The van der Waals surface area contributed by atoms with Crippen molar-refractivity contribution in [1.29, 1.82) is 0 Å². The minimum Gasteiger partial charge on any atom is -0.352 e. The maximum Gasteiger partial charge on any atom is 0.234 e. The summed E-state index contributed by atoms with van der Waals surface area (Å²) in [5.41, 5.74) is 0. The van der Waals surface area contributed by atoms with E-state index in [-0.39, 0.29) is 5.91 Å². The number of amides is 1. The molecule has 1 fully saturated rings. The van der Waals surface area contributed by atoms with Gasteiger partial charge in [0.2, 0.25) is 5.91 Å². The number of carbonyl (C=O) groups excluding carboxylic acids is 1. The van der Waals surface area contributed by atoms with Crippen molar-refractivity contribution in [2.75, 3.05) is 33.2 Å². The Morgan fingerprint density at radius 1 is 1.22 bits per heavy atom. The molecular formula is C14H29N3O. The second-order valence-electron chi connectivity index (χ2n) is 5.33. The molecule has 0 aliphatic heterocycles. The van der Waals surface area contributed by atoms with Gasteiger partial charge in [0, 0.05) is 19.1 Å². The maximum atomic E-state index is 11.8. The van der Waals surface area contributed by atoms with E-state index in [1.165, 1.54) is 25.7 Å². The first-order valence-electron chi connectivity index (χ1n) is 7.41. The van der Waals surface area contributed by atoms with E-state index >= 15 is 0 Å². The van der Waals surface area contributed by atoms with E-state index < -0.39 is 0 Å². The van der Waals surface area contributed by atoms with Gasteiger partial charge in [-0.25, -0.2) is 0 Å². The van der Waals surface area contributed by atoms with Crippen LogP contribution in [-0.2, 0) is 4.79 Å². The Labute approximate surface area is 111 Å². The quantitative estimate of drug-likeness (QED) is 0.533. The Hall–Kier alpha value is -0.610. The van der Waals surface area contributed by atoms with Crippen LogP contribution in [0.3, 0.4) is 0 Å². The van der Waals surface area contributed by atoms with E-state index in [2.05, 4.69) is 29.5 Å². The smallest absolute Gasteiger partial charge is 0.234 e. The van der Waals surface area contributed by atoms with Gasteiger partial charge < -0.3 is 15.5 Å². The molecule has 4 heteroatoms. The summed E-state index contributed by atoms with van der Waals surface area (Å²) in [7, 11) is 2.09. The molecule has 106 valence electrons. The van der Waals surface area contributed by atoms with E-state index in [1.807, 2.05) is 0 Å². The molecule has 18 heavy (non-hydrogen) atoms. The second-order valence-corrected chi connectivity index (χ2v) is 5.33. The lowest BCUT2D eigenvalue weighted by Gasteiger charge is -2.17. The lowest BCUT2D eigenvalue weighted by atomic mass is 10.1. The number of nitrogens with one attached hydrogen (secondary N) is 2. The van der Waals surface area contributed by atoms with Gasteiger partial charge in [0.15, 0.2) is 0 Å². The molecule has 0 heterocycles. The number of hydrogen-bond donors (Lipinski definition) is 2. The van der Waals surface area contributed by atoms with Crippen LogP contribution in [0.25, 0.3) is 0 Å². The lowest BCUT2D eigenvalue weighted by molar-refractivity contribution is -0.121. The zero-order valence-corrected chi connectivity index (χ0v) is 12.0. The van der Waals surface area contributed by atoms with E-state index in [1.54, 1.807) is 0 Å². The summed E-state index contributed by atoms with van der Waals surface area (Å²) >= 11 is 0. The SMILES string of the molecule is CCN(C)CCNCC(=O)NC1CCCCCC1. The molecule has 0 radical (unpaired) electrons. The van der Waals surface area contributed by atoms with Gasteiger partial charge in [0.25, 0.3) is 0 Å². The third-order valence-corrected chi connectivity index (χ3v) is 3.72. The molecule has 1 aliphatic carbocycles.